The lowest BCUT2D eigenvalue weighted by Gasteiger charge is -2.38. The first-order valence-electron chi connectivity index (χ1n) is 15.5. The van der Waals surface area contributed by atoms with Crippen LogP contribution >= 0.6 is 0 Å². The molecule has 1 saturated heterocycles. The van der Waals surface area contributed by atoms with Crippen LogP contribution in [-0.2, 0) is 4.74 Å². The Morgan fingerprint density at radius 3 is 2.05 bits per heavy atom. The smallest absolute Gasteiger partial charge is 0.323 e. The number of anilines is 4. The Morgan fingerprint density at radius 2 is 1.43 bits per heavy atom. The monoisotopic (exact) mass is 601 g/mol. The number of nitrogens with one attached hydrogen (secondary N) is 3. The van der Waals surface area contributed by atoms with Crippen LogP contribution in [0.25, 0.3) is 0 Å². The molecule has 0 aliphatic carbocycles. The van der Waals surface area contributed by atoms with Crippen LogP contribution in [0.5, 0.6) is 5.75 Å². The number of piperazine rings is 1. The van der Waals surface area contributed by atoms with Crippen molar-refractivity contribution in [3.05, 3.63) is 77.4 Å². The number of hydrogen-bond acceptors (Lipinski definition) is 6. The van der Waals surface area contributed by atoms with Crippen molar-refractivity contribution in [2.45, 2.75) is 46.0 Å². The molecule has 3 amide bonds. The van der Waals surface area contributed by atoms with Gasteiger partial charge in [0.05, 0.1) is 18.4 Å². The summed E-state index contributed by atoms with van der Waals surface area (Å²) < 4.78 is 10.7. The number of carbonyl (C=O) groups is 2. The van der Waals surface area contributed by atoms with Crippen molar-refractivity contribution >= 4 is 34.7 Å². The molecule has 1 aliphatic rings. The van der Waals surface area contributed by atoms with E-state index in [1.54, 1.807) is 20.3 Å². The predicted molar refractivity (Wildman–Crippen MR) is 180 cm³/mol. The van der Waals surface area contributed by atoms with E-state index >= 15 is 0 Å². The zero-order chi connectivity index (χ0) is 31.6. The van der Waals surface area contributed by atoms with E-state index in [0.29, 0.717) is 30.8 Å². The third-order valence-electron chi connectivity index (χ3n) is 7.97. The number of methoxy groups -OCH3 is 2. The molecule has 0 radical (unpaired) electrons. The van der Waals surface area contributed by atoms with Crippen molar-refractivity contribution in [3.8, 4) is 5.75 Å². The van der Waals surface area contributed by atoms with Gasteiger partial charge in [-0.3, -0.25) is 4.79 Å². The minimum Gasteiger partial charge on any atom is -0.495 e. The average Bonchev–Trinajstić information content (AvgIpc) is 3.03. The molecule has 0 aromatic heterocycles. The van der Waals surface area contributed by atoms with Gasteiger partial charge in [0, 0.05) is 63.5 Å². The molecule has 236 valence electrons. The first kappa shape index (κ1) is 32.7. The van der Waals surface area contributed by atoms with Gasteiger partial charge in [-0.05, 0) is 59.7 Å². The van der Waals surface area contributed by atoms with Crippen molar-refractivity contribution in [3.63, 3.8) is 0 Å². The van der Waals surface area contributed by atoms with Crippen LogP contribution in [0.4, 0.5) is 27.5 Å². The molecule has 3 N–H and O–H groups in total. The fourth-order valence-corrected chi connectivity index (χ4v) is 5.64. The molecule has 44 heavy (non-hydrogen) atoms. The molecule has 9 heteroatoms. The van der Waals surface area contributed by atoms with Crippen LogP contribution in [0.2, 0.25) is 0 Å². The Labute approximate surface area is 261 Å². The highest BCUT2D eigenvalue weighted by atomic mass is 16.5. The lowest BCUT2D eigenvalue weighted by molar-refractivity contribution is 0.0949. The van der Waals surface area contributed by atoms with Crippen LogP contribution in [0.1, 0.15) is 67.4 Å². The molecule has 0 bridgehead atoms. The molecule has 0 saturated carbocycles. The summed E-state index contributed by atoms with van der Waals surface area (Å²) in [5.74, 6) is 1.17. The quantitative estimate of drug-likeness (QED) is 0.201. The molecule has 4 rings (SSSR count). The van der Waals surface area contributed by atoms with Gasteiger partial charge < -0.3 is 35.2 Å². The van der Waals surface area contributed by atoms with Crippen LogP contribution in [-0.4, -0.2) is 65.5 Å². The van der Waals surface area contributed by atoms with Gasteiger partial charge in [-0.25, -0.2) is 4.79 Å². The SMILES string of the molecule is COCCCNC(=O)c1cc(NC(=O)Nc2c(C(C)C)cccc2C(C)C)ccc1N1CCN(c2ccccc2OC)CC1. The van der Waals surface area contributed by atoms with Gasteiger partial charge in [0.25, 0.3) is 5.91 Å². The third-order valence-corrected chi connectivity index (χ3v) is 7.97. The largest absolute Gasteiger partial charge is 0.495 e. The van der Waals surface area contributed by atoms with Crippen LogP contribution in [0, 0.1) is 0 Å². The molecule has 1 heterocycles. The summed E-state index contributed by atoms with van der Waals surface area (Å²) in [6.07, 6.45) is 0.711. The van der Waals surface area contributed by atoms with E-state index in [0.717, 1.165) is 60.1 Å². The van der Waals surface area contributed by atoms with Crippen molar-refractivity contribution in [1.82, 2.24) is 5.32 Å². The zero-order valence-corrected chi connectivity index (χ0v) is 26.9. The molecular formula is C35H47N5O4. The second-order valence-electron chi connectivity index (χ2n) is 11.7. The van der Waals surface area contributed by atoms with Crippen molar-refractivity contribution in [2.75, 3.05) is 74.0 Å². The minimum absolute atomic E-state index is 0.181. The number of rotatable bonds is 12. The number of nitrogens with zero attached hydrogens (tertiary/aromatic N) is 2. The average molecular weight is 602 g/mol. The number of carbonyl (C=O) groups excluding carboxylic acids is 2. The van der Waals surface area contributed by atoms with Crippen molar-refractivity contribution in [1.29, 1.82) is 0 Å². The van der Waals surface area contributed by atoms with Crippen LogP contribution < -0.4 is 30.5 Å². The first-order valence-corrected chi connectivity index (χ1v) is 15.5. The highest BCUT2D eigenvalue weighted by molar-refractivity contribution is 6.04. The maximum atomic E-state index is 13.5. The van der Waals surface area contributed by atoms with Crippen LogP contribution in [0.15, 0.2) is 60.7 Å². The maximum absolute atomic E-state index is 13.5. The normalized spacial score (nSPS) is 13.3. The molecule has 0 atom stereocenters. The van der Waals surface area contributed by atoms with Gasteiger partial charge in [-0.15, -0.1) is 0 Å². The molecule has 1 fully saturated rings. The summed E-state index contributed by atoms with van der Waals surface area (Å²) in [6, 6.07) is 19.4. The maximum Gasteiger partial charge on any atom is 0.323 e. The van der Waals surface area contributed by atoms with E-state index < -0.39 is 0 Å². The number of amides is 3. The second kappa shape index (κ2) is 15.5. The summed E-state index contributed by atoms with van der Waals surface area (Å²) >= 11 is 0. The van der Waals surface area contributed by atoms with Crippen molar-refractivity contribution < 1.29 is 19.1 Å². The topological polar surface area (TPSA) is 95.2 Å². The summed E-state index contributed by atoms with van der Waals surface area (Å²) in [5.41, 5.74) is 6.00. The summed E-state index contributed by atoms with van der Waals surface area (Å²) in [6.45, 7) is 12.6. The highest BCUT2D eigenvalue weighted by Crippen LogP contribution is 2.33. The van der Waals surface area contributed by atoms with Gasteiger partial charge in [0.15, 0.2) is 0 Å². The predicted octanol–water partition coefficient (Wildman–Crippen LogP) is 6.68. The minimum atomic E-state index is -0.343. The fraction of sp³-hybridized carbons (Fsp3) is 0.429. The molecule has 1 aliphatic heterocycles. The fourth-order valence-electron chi connectivity index (χ4n) is 5.64. The molecule has 3 aromatic rings. The number of benzene rings is 3. The third kappa shape index (κ3) is 8.02. The summed E-state index contributed by atoms with van der Waals surface area (Å²) in [4.78, 5) is 31.3. The van der Waals surface area contributed by atoms with E-state index in [-0.39, 0.29) is 23.8 Å². The van der Waals surface area contributed by atoms with E-state index in [4.69, 9.17) is 9.47 Å². The summed E-state index contributed by atoms with van der Waals surface area (Å²) in [5, 5.41) is 9.10. The zero-order valence-electron chi connectivity index (χ0n) is 26.9. The Balaban J connectivity index is 1.54. The van der Waals surface area contributed by atoms with E-state index in [2.05, 4.69) is 71.6 Å². The van der Waals surface area contributed by atoms with Gasteiger partial charge in [-0.1, -0.05) is 58.0 Å². The van der Waals surface area contributed by atoms with Gasteiger partial charge in [-0.2, -0.15) is 0 Å². The number of urea groups is 1. The van der Waals surface area contributed by atoms with Gasteiger partial charge in [0.2, 0.25) is 0 Å². The second-order valence-corrected chi connectivity index (χ2v) is 11.7. The molecule has 0 unspecified atom stereocenters. The molecule has 9 nitrogen and oxygen atoms in total. The van der Waals surface area contributed by atoms with E-state index in [1.807, 2.05) is 36.4 Å². The Hall–Kier alpha value is -4.24. The van der Waals surface area contributed by atoms with E-state index in [9.17, 15) is 9.59 Å². The standard InChI is InChI=1S/C35H47N5O4/c1-24(2)27-11-9-12-28(25(3)4)33(27)38-35(42)37-26-15-16-30(29(23-26)34(41)36-17-10-22-43-5)39-18-20-40(21-19-39)31-13-7-8-14-32(31)44-6/h7-9,11-16,23-25H,10,17-22H2,1-6H3,(H,36,41)(H2,37,38,42). The molecule has 3 aromatic carbocycles. The number of para-hydroxylation sites is 3. The number of ether oxygens (including phenoxy) is 2. The molecule has 0 spiro atoms. The van der Waals surface area contributed by atoms with Crippen LogP contribution in [0.3, 0.4) is 0 Å². The van der Waals surface area contributed by atoms with Gasteiger partial charge in [0.1, 0.15) is 5.75 Å². The Bertz CT molecular complexity index is 1390. The lowest BCUT2D eigenvalue weighted by Crippen LogP contribution is -2.47. The highest BCUT2D eigenvalue weighted by Gasteiger charge is 2.24. The molecular weight excluding hydrogens is 554 g/mol. The van der Waals surface area contributed by atoms with Gasteiger partial charge >= 0.3 is 6.03 Å². The first-order chi connectivity index (χ1) is 21.2. The van der Waals surface area contributed by atoms with E-state index in [1.165, 1.54) is 0 Å². The Kier molecular flexibility index (Phi) is 11.5. The lowest BCUT2D eigenvalue weighted by atomic mass is 9.93. The summed E-state index contributed by atoms with van der Waals surface area (Å²) in [7, 11) is 3.34. The Morgan fingerprint density at radius 1 is 0.795 bits per heavy atom. The van der Waals surface area contributed by atoms with Crippen molar-refractivity contribution in [2.24, 2.45) is 0 Å². The number of hydrogen-bond donors (Lipinski definition) is 3.